The van der Waals surface area contributed by atoms with Gasteiger partial charge in [-0.1, -0.05) is 43.3 Å². The van der Waals surface area contributed by atoms with E-state index in [0.717, 1.165) is 36.2 Å². The van der Waals surface area contributed by atoms with Crippen LogP contribution in [-0.4, -0.2) is 39.0 Å². The topological polar surface area (TPSA) is 50.5 Å². The van der Waals surface area contributed by atoms with Gasteiger partial charge >= 0.3 is 0 Å². The lowest BCUT2D eigenvalue weighted by atomic mass is 10.1. The second-order valence-electron chi connectivity index (χ2n) is 7.93. The summed E-state index contributed by atoms with van der Waals surface area (Å²) in [5.41, 5.74) is 2.77. The van der Waals surface area contributed by atoms with Crippen LogP contribution in [0.4, 0.5) is 4.39 Å². The van der Waals surface area contributed by atoms with E-state index in [0.29, 0.717) is 31.1 Å². The summed E-state index contributed by atoms with van der Waals surface area (Å²) < 4.78 is 21.3. The number of ether oxygens (including phenoxy) is 1. The molecule has 6 heteroatoms. The lowest BCUT2D eigenvalue weighted by molar-refractivity contribution is 0.102. The molecule has 1 aromatic heterocycles. The molecule has 0 aliphatic carbocycles. The molecule has 5 nitrogen and oxygen atoms in total. The molecule has 1 atom stereocenters. The highest BCUT2D eigenvalue weighted by molar-refractivity contribution is 5.65. The fraction of sp³-hybridized carbons (Fsp3) is 0.346. The maximum atomic E-state index is 13.4. The third-order valence-electron chi connectivity index (χ3n) is 5.26. The molecule has 0 aliphatic heterocycles. The van der Waals surface area contributed by atoms with Crippen molar-refractivity contribution in [2.75, 3.05) is 13.1 Å². The Morgan fingerprint density at radius 2 is 1.91 bits per heavy atom. The highest BCUT2D eigenvalue weighted by Crippen LogP contribution is 2.34. The van der Waals surface area contributed by atoms with Crippen molar-refractivity contribution in [3.63, 3.8) is 0 Å². The zero-order chi connectivity index (χ0) is 22.9. The molecule has 0 aliphatic rings. The number of hydrogen-bond donors (Lipinski definition) is 1. The quantitative estimate of drug-likeness (QED) is 0.377. The number of aliphatic hydroxyl groups is 1. The summed E-state index contributed by atoms with van der Waals surface area (Å²) >= 11 is 0. The highest BCUT2D eigenvalue weighted by atomic mass is 19.1. The van der Waals surface area contributed by atoms with Crippen LogP contribution in [0.1, 0.15) is 31.7 Å². The first kappa shape index (κ1) is 23.7. The summed E-state index contributed by atoms with van der Waals surface area (Å²) in [7, 11) is 1.85. The van der Waals surface area contributed by atoms with E-state index in [1.807, 2.05) is 43.5 Å². The monoisotopic (exact) mass is 437 g/mol. The molecular weight excluding hydrogens is 405 g/mol. The van der Waals surface area contributed by atoms with E-state index < -0.39 is 6.10 Å². The van der Waals surface area contributed by atoms with Crippen LogP contribution in [-0.2, 0) is 13.6 Å². The maximum Gasteiger partial charge on any atom is 0.222 e. The lowest BCUT2D eigenvalue weighted by Crippen LogP contribution is -2.33. The van der Waals surface area contributed by atoms with E-state index >= 15 is 0 Å². The molecule has 0 unspecified atom stereocenters. The minimum absolute atomic E-state index is 0.310. The SMILES string of the molecule is C=CCC[C@@H](O)CN(CCC)Cc1c(-c2ccccc2)nn(C)c1Oc1ccc(F)cc1. The van der Waals surface area contributed by atoms with Crippen LogP contribution in [0.5, 0.6) is 11.6 Å². The van der Waals surface area contributed by atoms with E-state index in [2.05, 4.69) is 18.4 Å². The molecule has 0 saturated heterocycles. The standard InChI is InChI=1S/C26H32FN3O2/c1-4-6-12-22(31)18-30(17-5-2)19-24-25(20-10-8-7-9-11-20)28-29(3)26(24)32-23-15-13-21(27)14-16-23/h4,7-11,13-16,22,31H,1,5-6,12,17-19H2,2-3H3/t22-/m1/s1. The Kier molecular flexibility index (Phi) is 8.59. The molecule has 0 spiro atoms. The molecule has 3 rings (SSSR count). The fourth-order valence-electron chi connectivity index (χ4n) is 3.74. The number of hydrogen-bond acceptors (Lipinski definition) is 4. The third kappa shape index (κ3) is 6.28. The Labute approximate surface area is 189 Å². The summed E-state index contributed by atoms with van der Waals surface area (Å²) in [6.45, 7) is 7.84. The molecule has 0 radical (unpaired) electrons. The van der Waals surface area contributed by atoms with Gasteiger partial charge in [0.1, 0.15) is 17.3 Å². The molecule has 0 bridgehead atoms. The molecule has 170 valence electrons. The Bertz CT molecular complexity index is 986. The lowest BCUT2D eigenvalue weighted by Gasteiger charge is -2.25. The molecule has 0 fully saturated rings. The van der Waals surface area contributed by atoms with Crippen LogP contribution < -0.4 is 4.74 Å². The molecule has 1 N–H and O–H groups in total. The zero-order valence-electron chi connectivity index (χ0n) is 18.9. The number of aromatic nitrogens is 2. The normalized spacial score (nSPS) is 12.2. The number of aliphatic hydroxyl groups excluding tert-OH is 1. The largest absolute Gasteiger partial charge is 0.439 e. The van der Waals surface area contributed by atoms with Gasteiger partial charge in [-0.05, 0) is 50.1 Å². The summed E-state index contributed by atoms with van der Waals surface area (Å²) in [5, 5.41) is 15.3. The van der Waals surface area contributed by atoms with E-state index in [9.17, 15) is 9.50 Å². The van der Waals surface area contributed by atoms with Gasteiger partial charge in [-0.3, -0.25) is 4.90 Å². The van der Waals surface area contributed by atoms with Crippen molar-refractivity contribution in [1.82, 2.24) is 14.7 Å². The van der Waals surface area contributed by atoms with Gasteiger partial charge in [-0.15, -0.1) is 6.58 Å². The average Bonchev–Trinajstić information content (AvgIpc) is 3.09. The van der Waals surface area contributed by atoms with Crippen LogP contribution in [0.25, 0.3) is 11.3 Å². The second-order valence-corrected chi connectivity index (χ2v) is 7.93. The average molecular weight is 438 g/mol. The first-order valence-corrected chi connectivity index (χ1v) is 11.1. The summed E-state index contributed by atoms with van der Waals surface area (Å²) in [5.74, 6) is 0.843. The molecule has 1 heterocycles. The van der Waals surface area contributed by atoms with E-state index in [1.165, 1.54) is 12.1 Å². The summed E-state index contributed by atoms with van der Waals surface area (Å²) in [6, 6.07) is 16.0. The van der Waals surface area contributed by atoms with Crippen molar-refractivity contribution in [2.24, 2.45) is 7.05 Å². The van der Waals surface area contributed by atoms with Crippen molar-refractivity contribution in [2.45, 2.75) is 38.8 Å². The smallest absolute Gasteiger partial charge is 0.222 e. The van der Waals surface area contributed by atoms with Crippen molar-refractivity contribution >= 4 is 0 Å². The summed E-state index contributed by atoms with van der Waals surface area (Å²) in [4.78, 5) is 2.23. The zero-order valence-corrected chi connectivity index (χ0v) is 18.9. The second kappa shape index (κ2) is 11.6. The molecule has 32 heavy (non-hydrogen) atoms. The summed E-state index contributed by atoms with van der Waals surface area (Å²) in [6.07, 6.45) is 3.82. The number of rotatable bonds is 12. The van der Waals surface area contributed by atoms with Crippen molar-refractivity contribution in [3.05, 3.63) is 78.6 Å². The number of halogens is 1. The molecule has 0 saturated carbocycles. The number of aryl methyl sites for hydroxylation is 1. The van der Waals surface area contributed by atoms with Crippen LogP contribution in [0.15, 0.2) is 67.3 Å². The predicted molar refractivity (Wildman–Crippen MR) is 126 cm³/mol. The number of nitrogens with zero attached hydrogens (tertiary/aromatic N) is 3. The van der Waals surface area contributed by atoms with Crippen molar-refractivity contribution in [3.8, 4) is 22.9 Å². The molecule has 3 aromatic rings. The van der Waals surface area contributed by atoms with Crippen molar-refractivity contribution in [1.29, 1.82) is 0 Å². The van der Waals surface area contributed by atoms with Crippen LogP contribution in [0.2, 0.25) is 0 Å². The van der Waals surface area contributed by atoms with Crippen LogP contribution in [0, 0.1) is 5.82 Å². The highest BCUT2D eigenvalue weighted by Gasteiger charge is 2.23. The third-order valence-corrected chi connectivity index (χ3v) is 5.26. The Balaban J connectivity index is 1.95. The maximum absolute atomic E-state index is 13.4. The number of allylic oxidation sites excluding steroid dienone is 1. The van der Waals surface area contributed by atoms with Gasteiger partial charge < -0.3 is 9.84 Å². The van der Waals surface area contributed by atoms with Gasteiger partial charge in [-0.2, -0.15) is 5.10 Å². The minimum atomic E-state index is -0.433. The Hall–Kier alpha value is -2.96. The number of benzene rings is 2. The first-order chi connectivity index (χ1) is 15.5. The molecule has 0 amide bonds. The van der Waals surface area contributed by atoms with Gasteiger partial charge in [-0.25, -0.2) is 9.07 Å². The van der Waals surface area contributed by atoms with Gasteiger partial charge in [0.25, 0.3) is 0 Å². The van der Waals surface area contributed by atoms with Gasteiger partial charge in [0.05, 0.1) is 11.7 Å². The van der Waals surface area contributed by atoms with Gasteiger partial charge in [0.2, 0.25) is 5.88 Å². The van der Waals surface area contributed by atoms with E-state index in [4.69, 9.17) is 9.84 Å². The van der Waals surface area contributed by atoms with Gasteiger partial charge in [0, 0.05) is 25.7 Å². The van der Waals surface area contributed by atoms with Crippen LogP contribution in [0.3, 0.4) is 0 Å². The van der Waals surface area contributed by atoms with Crippen LogP contribution >= 0.6 is 0 Å². The predicted octanol–water partition coefficient (Wildman–Crippen LogP) is 5.56. The van der Waals surface area contributed by atoms with Gasteiger partial charge in [0.15, 0.2) is 0 Å². The minimum Gasteiger partial charge on any atom is -0.439 e. The first-order valence-electron chi connectivity index (χ1n) is 11.1. The molecular formula is C26H32FN3O2. The Morgan fingerprint density at radius 3 is 2.56 bits per heavy atom. The molecule has 2 aromatic carbocycles. The van der Waals surface area contributed by atoms with E-state index in [-0.39, 0.29) is 5.82 Å². The van der Waals surface area contributed by atoms with Crippen molar-refractivity contribution < 1.29 is 14.2 Å². The Morgan fingerprint density at radius 1 is 1.19 bits per heavy atom. The van der Waals surface area contributed by atoms with E-state index in [1.54, 1.807) is 16.8 Å². The fourth-order valence-corrected chi connectivity index (χ4v) is 3.74.